The van der Waals surface area contributed by atoms with Gasteiger partial charge in [-0.2, -0.15) is 9.97 Å². The molecular formula is C18H23F2N5O4. The molecule has 158 valence electrons. The summed E-state index contributed by atoms with van der Waals surface area (Å²) in [5.41, 5.74) is -1.33. The first-order chi connectivity index (χ1) is 13.7. The summed E-state index contributed by atoms with van der Waals surface area (Å²) in [5, 5.41) is 18.5. The van der Waals surface area contributed by atoms with Crippen molar-refractivity contribution in [2.45, 2.75) is 69.3 Å². The van der Waals surface area contributed by atoms with Gasteiger partial charge in [-0.25, -0.2) is 8.78 Å². The third-order valence-corrected chi connectivity index (χ3v) is 5.74. The van der Waals surface area contributed by atoms with E-state index in [0.717, 1.165) is 0 Å². The van der Waals surface area contributed by atoms with Crippen LogP contribution in [0.5, 0.6) is 0 Å². The van der Waals surface area contributed by atoms with Crippen LogP contribution in [0.4, 0.5) is 8.78 Å². The second-order valence-electron chi connectivity index (χ2n) is 7.91. The van der Waals surface area contributed by atoms with Crippen LogP contribution in [0.3, 0.4) is 0 Å². The van der Waals surface area contributed by atoms with Gasteiger partial charge in [0.25, 0.3) is 5.89 Å². The molecule has 11 heteroatoms. The normalized spacial score (nSPS) is 22.0. The zero-order chi connectivity index (χ0) is 20.6. The number of amides is 1. The number of halogens is 2. The Labute approximate surface area is 165 Å². The molecule has 9 nitrogen and oxygen atoms in total. The maximum Gasteiger partial charge on any atom is 0.258 e. The topological polar surface area (TPSA) is 118 Å². The summed E-state index contributed by atoms with van der Waals surface area (Å²) in [5.74, 6) is -1.79. The molecule has 0 aromatic carbocycles. The maximum absolute atomic E-state index is 13.3. The first kappa shape index (κ1) is 19.9. The van der Waals surface area contributed by atoms with E-state index < -0.39 is 11.5 Å². The van der Waals surface area contributed by atoms with Crippen molar-refractivity contribution in [2.24, 2.45) is 0 Å². The lowest BCUT2D eigenvalue weighted by Gasteiger charge is -2.35. The molecule has 1 amide bonds. The summed E-state index contributed by atoms with van der Waals surface area (Å²) < 4.78 is 36.9. The van der Waals surface area contributed by atoms with Crippen molar-refractivity contribution >= 4 is 5.91 Å². The quantitative estimate of drug-likeness (QED) is 0.813. The number of nitrogens with zero attached hydrogens (tertiary/aromatic N) is 5. The van der Waals surface area contributed by atoms with Crippen LogP contribution in [-0.4, -0.2) is 55.2 Å². The number of rotatable bonds is 4. The summed E-state index contributed by atoms with van der Waals surface area (Å²) in [6.07, 6.45) is 0.697. The van der Waals surface area contributed by atoms with Gasteiger partial charge in [0.05, 0.1) is 0 Å². The molecule has 1 aliphatic heterocycles. The number of hydrogen-bond donors (Lipinski definition) is 1. The van der Waals surface area contributed by atoms with Crippen LogP contribution < -0.4 is 0 Å². The molecular weight excluding hydrogens is 388 g/mol. The van der Waals surface area contributed by atoms with E-state index in [4.69, 9.17) is 9.05 Å². The molecule has 2 aromatic rings. The van der Waals surface area contributed by atoms with Gasteiger partial charge in [0, 0.05) is 44.7 Å². The van der Waals surface area contributed by atoms with Crippen molar-refractivity contribution in [3.05, 3.63) is 23.4 Å². The number of aliphatic hydroxyl groups is 1. The molecule has 0 bridgehead atoms. The zero-order valence-corrected chi connectivity index (χ0v) is 16.1. The molecule has 29 heavy (non-hydrogen) atoms. The number of carbonyl (C=O) groups excluding carboxylic acids is 1. The Kier molecular flexibility index (Phi) is 5.09. The van der Waals surface area contributed by atoms with E-state index in [2.05, 4.69) is 20.3 Å². The van der Waals surface area contributed by atoms with Gasteiger partial charge in [-0.15, -0.1) is 0 Å². The van der Waals surface area contributed by atoms with Crippen molar-refractivity contribution in [1.29, 1.82) is 0 Å². The van der Waals surface area contributed by atoms with Gasteiger partial charge in [0.2, 0.25) is 17.7 Å². The smallest absolute Gasteiger partial charge is 0.258 e. The van der Waals surface area contributed by atoms with E-state index in [1.807, 2.05) is 0 Å². The molecule has 2 fully saturated rings. The number of likely N-dealkylation sites (tertiary alicyclic amines) is 1. The number of piperidine rings is 1. The van der Waals surface area contributed by atoms with Gasteiger partial charge in [0.1, 0.15) is 12.0 Å². The summed E-state index contributed by atoms with van der Waals surface area (Å²) >= 11 is 0. The second kappa shape index (κ2) is 7.43. The molecule has 4 rings (SSSR count). The van der Waals surface area contributed by atoms with E-state index in [1.165, 1.54) is 0 Å². The number of aryl methyl sites for hydroxylation is 1. The first-order valence-corrected chi connectivity index (χ1v) is 9.75. The summed E-state index contributed by atoms with van der Waals surface area (Å²) in [4.78, 5) is 22.3. The largest absolute Gasteiger partial charge is 0.380 e. The van der Waals surface area contributed by atoms with Crippen LogP contribution in [0, 0.1) is 6.92 Å². The molecule has 3 heterocycles. The van der Waals surface area contributed by atoms with E-state index in [1.54, 1.807) is 11.8 Å². The molecule has 0 spiro atoms. The Balaban J connectivity index is 1.35. The van der Waals surface area contributed by atoms with Gasteiger partial charge in [0.15, 0.2) is 11.6 Å². The molecule has 0 unspecified atom stereocenters. The monoisotopic (exact) mass is 411 g/mol. The van der Waals surface area contributed by atoms with E-state index in [-0.39, 0.29) is 55.7 Å². The standard InChI is InChI=1S/C18H23F2N5O4/c1-11-21-13(28-23-11)10-14(26)25-8-6-17(27,7-9-25)16-22-15(24-29-16)12-2-4-18(19,20)5-3-12/h12,27H,2-10H2,1H3. The molecule has 0 radical (unpaired) electrons. The molecule has 1 aliphatic carbocycles. The van der Waals surface area contributed by atoms with Crippen LogP contribution in [0.2, 0.25) is 0 Å². The first-order valence-electron chi connectivity index (χ1n) is 9.75. The molecule has 2 aliphatic rings. The van der Waals surface area contributed by atoms with E-state index in [0.29, 0.717) is 37.6 Å². The number of aromatic nitrogens is 4. The van der Waals surface area contributed by atoms with E-state index >= 15 is 0 Å². The highest BCUT2D eigenvalue weighted by molar-refractivity contribution is 5.77. The van der Waals surface area contributed by atoms with Crippen LogP contribution in [0.25, 0.3) is 0 Å². The Hall–Kier alpha value is -2.43. The molecule has 1 saturated carbocycles. The number of carbonyl (C=O) groups is 1. The minimum Gasteiger partial charge on any atom is -0.380 e. The highest BCUT2D eigenvalue weighted by Crippen LogP contribution is 2.41. The highest BCUT2D eigenvalue weighted by atomic mass is 19.3. The lowest BCUT2D eigenvalue weighted by Crippen LogP contribution is -2.45. The van der Waals surface area contributed by atoms with Crippen molar-refractivity contribution in [2.75, 3.05) is 13.1 Å². The lowest BCUT2D eigenvalue weighted by molar-refractivity contribution is -0.136. The number of alkyl halides is 2. The van der Waals surface area contributed by atoms with Crippen LogP contribution in [0.1, 0.15) is 67.9 Å². The van der Waals surface area contributed by atoms with Crippen molar-refractivity contribution < 1.29 is 27.7 Å². The molecule has 1 saturated heterocycles. The zero-order valence-electron chi connectivity index (χ0n) is 16.1. The fourth-order valence-electron chi connectivity index (χ4n) is 3.88. The Bertz CT molecular complexity index is 865. The lowest BCUT2D eigenvalue weighted by atomic mass is 9.86. The highest BCUT2D eigenvalue weighted by Gasteiger charge is 2.42. The third-order valence-electron chi connectivity index (χ3n) is 5.74. The Morgan fingerprint density at radius 1 is 1.14 bits per heavy atom. The predicted octanol–water partition coefficient (Wildman–Crippen LogP) is 2.11. The Morgan fingerprint density at radius 3 is 2.45 bits per heavy atom. The average molecular weight is 411 g/mol. The van der Waals surface area contributed by atoms with Crippen LogP contribution >= 0.6 is 0 Å². The van der Waals surface area contributed by atoms with Gasteiger partial charge in [-0.05, 0) is 19.8 Å². The minimum atomic E-state index is -2.62. The summed E-state index contributed by atoms with van der Waals surface area (Å²) in [7, 11) is 0. The fraction of sp³-hybridized carbons (Fsp3) is 0.722. The van der Waals surface area contributed by atoms with Crippen molar-refractivity contribution in [3.63, 3.8) is 0 Å². The minimum absolute atomic E-state index is 0.0102. The van der Waals surface area contributed by atoms with Crippen molar-refractivity contribution in [3.8, 4) is 0 Å². The van der Waals surface area contributed by atoms with Crippen LogP contribution in [-0.2, 0) is 16.8 Å². The van der Waals surface area contributed by atoms with Gasteiger partial charge in [-0.1, -0.05) is 10.3 Å². The number of hydrogen-bond acceptors (Lipinski definition) is 8. The maximum atomic E-state index is 13.3. The molecule has 1 N–H and O–H groups in total. The third kappa shape index (κ3) is 4.29. The van der Waals surface area contributed by atoms with E-state index in [9.17, 15) is 18.7 Å². The molecule has 2 aromatic heterocycles. The Morgan fingerprint density at radius 2 is 1.83 bits per heavy atom. The molecule has 0 atom stereocenters. The summed E-state index contributed by atoms with van der Waals surface area (Å²) in [6.45, 7) is 2.31. The van der Waals surface area contributed by atoms with Gasteiger partial charge >= 0.3 is 0 Å². The average Bonchev–Trinajstić information content (AvgIpc) is 3.32. The van der Waals surface area contributed by atoms with Gasteiger partial charge < -0.3 is 19.1 Å². The SMILES string of the molecule is Cc1noc(CC(=O)N2CCC(O)(c3nc(C4CCC(F)(F)CC4)no3)CC2)n1. The van der Waals surface area contributed by atoms with Crippen molar-refractivity contribution in [1.82, 2.24) is 25.2 Å². The van der Waals surface area contributed by atoms with Gasteiger partial charge in [-0.3, -0.25) is 4.79 Å². The summed E-state index contributed by atoms with van der Waals surface area (Å²) in [6, 6.07) is 0. The second-order valence-corrected chi connectivity index (χ2v) is 7.91. The van der Waals surface area contributed by atoms with Crippen LogP contribution in [0.15, 0.2) is 9.05 Å². The fourth-order valence-corrected chi connectivity index (χ4v) is 3.88. The predicted molar refractivity (Wildman–Crippen MR) is 92.9 cm³/mol.